The maximum absolute atomic E-state index is 2.50. The van der Waals surface area contributed by atoms with E-state index in [2.05, 4.69) is 25.2 Å². The van der Waals surface area contributed by atoms with E-state index < -0.39 is 0 Å². The molecule has 66 valence electrons. The zero-order valence-electron chi connectivity index (χ0n) is 7.92. The molecule has 0 N–H and O–H groups in total. The summed E-state index contributed by atoms with van der Waals surface area (Å²) in [5.74, 6) is 1.86. The molecule has 0 aromatic carbocycles. The third kappa shape index (κ3) is 1.80. The molecule has 0 heterocycles. The zero-order valence-corrected chi connectivity index (χ0v) is 7.92. The lowest BCUT2D eigenvalue weighted by Crippen LogP contribution is -2.18. The van der Waals surface area contributed by atoms with Crippen molar-refractivity contribution >= 4 is 0 Å². The Balaban J connectivity index is 0.000000720. The molecule has 2 aliphatic rings. The Labute approximate surface area is 76.4 Å². The predicted molar refractivity (Wildman–Crippen MR) is 53.7 cm³/mol. The SMILES string of the molecule is CC1=CC2CC=CCC2CC1.[CH2]. The smallest absolute Gasteiger partial charge is 0.0165 e. The van der Waals surface area contributed by atoms with Gasteiger partial charge in [-0.3, -0.25) is 0 Å². The van der Waals surface area contributed by atoms with Crippen LogP contribution in [0.2, 0.25) is 0 Å². The number of allylic oxidation sites excluding steroid dienone is 4. The topological polar surface area (TPSA) is 0 Å². The molecule has 0 fully saturated rings. The van der Waals surface area contributed by atoms with Crippen molar-refractivity contribution in [3.8, 4) is 0 Å². The molecule has 0 bridgehead atoms. The van der Waals surface area contributed by atoms with Gasteiger partial charge in [0.2, 0.25) is 0 Å². The number of hydrogen-bond acceptors (Lipinski definition) is 0. The van der Waals surface area contributed by atoms with Crippen LogP contribution in [0.15, 0.2) is 23.8 Å². The van der Waals surface area contributed by atoms with Crippen LogP contribution in [0.3, 0.4) is 0 Å². The van der Waals surface area contributed by atoms with Crippen LogP contribution < -0.4 is 0 Å². The highest BCUT2D eigenvalue weighted by molar-refractivity contribution is 5.11. The van der Waals surface area contributed by atoms with Gasteiger partial charge >= 0.3 is 0 Å². The third-order valence-corrected chi connectivity index (χ3v) is 3.03. The third-order valence-electron chi connectivity index (χ3n) is 3.03. The van der Waals surface area contributed by atoms with Crippen molar-refractivity contribution in [2.75, 3.05) is 0 Å². The van der Waals surface area contributed by atoms with Crippen LogP contribution in [-0.2, 0) is 0 Å². The van der Waals surface area contributed by atoms with Gasteiger partial charge in [0, 0.05) is 0 Å². The highest BCUT2D eigenvalue weighted by Crippen LogP contribution is 2.35. The summed E-state index contributed by atoms with van der Waals surface area (Å²) in [6.45, 7) is 2.27. The molecule has 0 heteroatoms. The molecule has 0 aliphatic heterocycles. The van der Waals surface area contributed by atoms with E-state index in [1.165, 1.54) is 25.7 Å². The molecule has 12 heavy (non-hydrogen) atoms. The Kier molecular flexibility index (Phi) is 3.13. The van der Waals surface area contributed by atoms with Gasteiger partial charge in [0.1, 0.15) is 0 Å². The summed E-state index contributed by atoms with van der Waals surface area (Å²) >= 11 is 0. The van der Waals surface area contributed by atoms with E-state index >= 15 is 0 Å². The van der Waals surface area contributed by atoms with Crippen LogP contribution in [0.1, 0.15) is 32.6 Å². The van der Waals surface area contributed by atoms with Crippen molar-refractivity contribution in [3.63, 3.8) is 0 Å². The molecule has 0 saturated heterocycles. The Morgan fingerprint density at radius 3 is 2.83 bits per heavy atom. The van der Waals surface area contributed by atoms with Crippen molar-refractivity contribution in [1.29, 1.82) is 0 Å². The van der Waals surface area contributed by atoms with Gasteiger partial charge in [0.25, 0.3) is 0 Å². The van der Waals surface area contributed by atoms with Crippen LogP contribution >= 0.6 is 0 Å². The van der Waals surface area contributed by atoms with Crippen LogP contribution in [0.25, 0.3) is 0 Å². The normalized spacial score (nSPS) is 33.2. The van der Waals surface area contributed by atoms with Gasteiger partial charge < -0.3 is 0 Å². The highest BCUT2D eigenvalue weighted by atomic mass is 14.3. The maximum Gasteiger partial charge on any atom is -0.0165 e. The first-order valence-electron chi connectivity index (χ1n) is 4.68. The first-order chi connectivity index (χ1) is 5.36. The lowest BCUT2D eigenvalue weighted by molar-refractivity contribution is 0.342. The Hall–Kier alpha value is -0.520. The summed E-state index contributed by atoms with van der Waals surface area (Å²) < 4.78 is 0. The minimum Gasteiger partial charge on any atom is -0.0882 e. The molecule has 0 aromatic heterocycles. The fraction of sp³-hybridized carbons (Fsp3) is 0.583. The minimum absolute atomic E-state index is 0. The monoisotopic (exact) mass is 162 g/mol. The van der Waals surface area contributed by atoms with Gasteiger partial charge in [0.05, 0.1) is 0 Å². The van der Waals surface area contributed by atoms with E-state index in [1.807, 2.05) is 0 Å². The second-order valence-corrected chi connectivity index (χ2v) is 3.92. The van der Waals surface area contributed by atoms with Crippen molar-refractivity contribution in [2.45, 2.75) is 32.6 Å². The molecule has 2 radical (unpaired) electrons. The standard InChI is InChI=1S/C11H16.CH2/c1-9-6-7-10-4-2-3-5-11(10)8-9;/h2-3,8,10-11H,4-7H2,1H3;1H2. The fourth-order valence-corrected chi connectivity index (χ4v) is 2.29. The molecular formula is C12H18. The first kappa shape index (κ1) is 9.57. The second kappa shape index (κ2) is 3.93. The van der Waals surface area contributed by atoms with E-state index in [0.717, 1.165) is 11.8 Å². The lowest BCUT2D eigenvalue weighted by Gasteiger charge is -2.30. The molecule has 0 spiro atoms. The van der Waals surface area contributed by atoms with Gasteiger partial charge in [-0.25, -0.2) is 0 Å². The van der Waals surface area contributed by atoms with E-state index in [4.69, 9.17) is 0 Å². The summed E-state index contributed by atoms with van der Waals surface area (Å²) in [4.78, 5) is 0. The molecule has 2 rings (SSSR count). The van der Waals surface area contributed by atoms with Crippen LogP contribution in [-0.4, -0.2) is 0 Å². The van der Waals surface area contributed by atoms with Crippen molar-refractivity contribution in [2.24, 2.45) is 11.8 Å². The molecule has 0 amide bonds. The van der Waals surface area contributed by atoms with Crippen molar-refractivity contribution in [3.05, 3.63) is 31.2 Å². The average molecular weight is 162 g/mol. The van der Waals surface area contributed by atoms with Gasteiger partial charge in [-0.15, -0.1) is 0 Å². The van der Waals surface area contributed by atoms with E-state index in [-0.39, 0.29) is 7.43 Å². The summed E-state index contributed by atoms with van der Waals surface area (Å²) in [7, 11) is 0. The van der Waals surface area contributed by atoms with Crippen molar-refractivity contribution < 1.29 is 0 Å². The van der Waals surface area contributed by atoms with Gasteiger partial charge in [-0.2, -0.15) is 0 Å². The average Bonchev–Trinajstić information content (AvgIpc) is 2.04. The Morgan fingerprint density at radius 2 is 2.00 bits per heavy atom. The summed E-state index contributed by atoms with van der Waals surface area (Å²) in [6, 6.07) is 0. The molecule has 2 unspecified atom stereocenters. The molecule has 0 aromatic rings. The van der Waals surface area contributed by atoms with Gasteiger partial charge in [0.15, 0.2) is 0 Å². The first-order valence-corrected chi connectivity index (χ1v) is 4.68. The zero-order chi connectivity index (χ0) is 7.68. The molecular weight excluding hydrogens is 144 g/mol. The molecule has 0 saturated carbocycles. The Morgan fingerprint density at radius 1 is 1.25 bits per heavy atom. The summed E-state index contributed by atoms with van der Waals surface area (Å²) in [5.41, 5.74) is 1.61. The molecule has 0 nitrogen and oxygen atoms in total. The number of rotatable bonds is 0. The number of fused-ring (bicyclic) bond motifs is 1. The van der Waals surface area contributed by atoms with Crippen LogP contribution in [0.4, 0.5) is 0 Å². The summed E-state index contributed by atoms with van der Waals surface area (Å²) in [5, 5.41) is 0. The maximum atomic E-state index is 2.50. The van der Waals surface area contributed by atoms with Crippen molar-refractivity contribution in [1.82, 2.24) is 0 Å². The van der Waals surface area contributed by atoms with Crippen LogP contribution in [0, 0.1) is 19.3 Å². The minimum atomic E-state index is 0. The highest BCUT2D eigenvalue weighted by Gasteiger charge is 2.23. The number of hydrogen-bond donors (Lipinski definition) is 0. The quantitative estimate of drug-likeness (QED) is 0.477. The summed E-state index contributed by atoms with van der Waals surface area (Å²) in [6.07, 6.45) is 12.6. The van der Waals surface area contributed by atoms with Gasteiger partial charge in [-0.05, 0) is 44.4 Å². The van der Waals surface area contributed by atoms with E-state index in [0.29, 0.717) is 0 Å². The van der Waals surface area contributed by atoms with Gasteiger partial charge in [-0.1, -0.05) is 31.2 Å². The van der Waals surface area contributed by atoms with Crippen LogP contribution in [0.5, 0.6) is 0 Å². The predicted octanol–water partition coefficient (Wildman–Crippen LogP) is 3.64. The molecule has 2 aliphatic carbocycles. The van der Waals surface area contributed by atoms with E-state index in [1.54, 1.807) is 5.57 Å². The molecule has 2 atom stereocenters. The second-order valence-electron chi connectivity index (χ2n) is 3.92. The Bertz CT molecular complexity index is 198. The van der Waals surface area contributed by atoms with E-state index in [9.17, 15) is 0 Å². The fourth-order valence-electron chi connectivity index (χ4n) is 2.29. The largest absolute Gasteiger partial charge is 0.0882 e. The lowest BCUT2D eigenvalue weighted by atomic mass is 9.75.